The first-order chi connectivity index (χ1) is 12.7. The van der Waals surface area contributed by atoms with Crippen LogP contribution in [0, 0.1) is 6.92 Å². The lowest BCUT2D eigenvalue weighted by Crippen LogP contribution is -2.22. The normalized spacial score (nSPS) is 10.9. The summed E-state index contributed by atoms with van der Waals surface area (Å²) >= 11 is 0. The second kappa shape index (κ2) is 8.71. The number of anilines is 1. The summed E-state index contributed by atoms with van der Waals surface area (Å²) in [5.41, 5.74) is 3.72. The smallest absolute Gasteiger partial charge is 0.342 e. The van der Waals surface area contributed by atoms with Crippen molar-refractivity contribution in [1.82, 2.24) is 0 Å². The van der Waals surface area contributed by atoms with E-state index in [0.29, 0.717) is 0 Å². The van der Waals surface area contributed by atoms with Gasteiger partial charge >= 0.3 is 5.97 Å². The van der Waals surface area contributed by atoms with Gasteiger partial charge in [0.2, 0.25) is 0 Å². The van der Waals surface area contributed by atoms with Gasteiger partial charge in [0.05, 0.1) is 0 Å². The maximum absolute atomic E-state index is 12.4. The minimum atomic E-state index is -0.733. The number of ether oxygens (including phenoxy) is 1. The highest BCUT2D eigenvalue weighted by Crippen LogP contribution is 2.32. The molecule has 27 heavy (non-hydrogen) atoms. The molecular weight excluding hydrogens is 342 g/mol. The standard InChI is InChI=1S/C22H27NO4/c1-13(2)16-7-6-8-17(14(3)4)21(16)23-20(25)12-27-22(26)18-10-9-15(5)11-19(18)24/h6-11,13-14,24H,12H2,1-5H3,(H,23,25). The molecule has 5 heteroatoms. The number of phenolic OH excluding ortho intramolecular Hbond substituents is 1. The molecule has 2 aromatic rings. The molecule has 0 aliphatic heterocycles. The molecule has 0 saturated heterocycles. The van der Waals surface area contributed by atoms with Crippen LogP contribution < -0.4 is 5.32 Å². The van der Waals surface area contributed by atoms with Gasteiger partial charge in [-0.3, -0.25) is 4.79 Å². The summed E-state index contributed by atoms with van der Waals surface area (Å²) in [5, 5.41) is 12.7. The molecule has 0 heterocycles. The summed E-state index contributed by atoms with van der Waals surface area (Å²) in [5.74, 6) is -0.821. The second-order valence-electron chi connectivity index (χ2n) is 7.27. The maximum atomic E-state index is 12.4. The van der Waals surface area contributed by atoms with Crippen LogP contribution in [0.5, 0.6) is 5.75 Å². The van der Waals surface area contributed by atoms with E-state index in [1.54, 1.807) is 13.0 Å². The molecule has 5 nitrogen and oxygen atoms in total. The monoisotopic (exact) mass is 369 g/mol. The average Bonchev–Trinajstić information content (AvgIpc) is 2.59. The van der Waals surface area contributed by atoms with Crippen molar-refractivity contribution in [3.8, 4) is 5.75 Å². The van der Waals surface area contributed by atoms with Crippen LogP contribution in [-0.4, -0.2) is 23.6 Å². The largest absolute Gasteiger partial charge is 0.507 e. The minimum absolute atomic E-state index is 0.0406. The SMILES string of the molecule is Cc1ccc(C(=O)OCC(=O)Nc2c(C(C)C)cccc2C(C)C)c(O)c1. The number of amides is 1. The van der Waals surface area contributed by atoms with Crippen LogP contribution in [0.25, 0.3) is 0 Å². The van der Waals surface area contributed by atoms with Gasteiger partial charge in [0, 0.05) is 5.69 Å². The van der Waals surface area contributed by atoms with Gasteiger partial charge in [-0.15, -0.1) is 0 Å². The Morgan fingerprint density at radius 3 is 2.15 bits per heavy atom. The molecule has 144 valence electrons. The first-order valence-electron chi connectivity index (χ1n) is 9.10. The van der Waals surface area contributed by atoms with E-state index < -0.39 is 18.5 Å². The summed E-state index contributed by atoms with van der Waals surface area (Å²) < 4.78 is 5.07. The van der Waals surface area contributed by atoms with E-state index in [0.717, 1.165) is 22.4 Å². The van der Waals surface area contributed by atoms with Crippen molar-refractivity contribution in [3.63, 3.8) is 0 Å². The number of benzene rings is 2. The van der Waals surface area contributed by atoms with Crippen LogP contribution in [0.15, 0.2) is 36.4 Å². The minimum Gasteiger partial charge on any atom is -0.507 e. The van der Waals surface area contributed by atoms with Crippen LogP contribution >= 0.6 is 0 Å². The molecule has 0 fully saturated rings. The molecule has 0 bridgehead atoms. The molecule has 2 aromatic carbocycles. The molecule has 1 amide bonds. The third-order valence-corrected chi connectivity index (χ3v) is 4.34. The van der Waals surface area contributed by atoms with Crippen molar-refractivity contribution in [2.75, 3.05) is 11.9 Å². The van der Waals surface area contributed by atoms with Gasteiger partial charge in [-0.2, -0.15) is 0 Å². The summed E-state index contributed by atoms with van der Waals surface area (Å²) in [6.07, 6.45) is 0. The number of nitrogens with one attached hydrogen (secondary N) is 1. The number of hydrogen-bond donors (Lipinski definition) is 2. The lowest BCUT2D eigenvalue weighted by Gasteiger charge is -2.20. The quantitative estimate of drug-likeness (QED) is 0.721. The van der Waals surface area contributed by atoms with Crippen LogP contribution in [0.4, 0.5) is 5.69 Å². The third kappa shape index (κ3) is 5.09. The Morgan fingerprint density at radius 1 is 1.04 bits per heavy atom. The fourth-order valence-corrected chi connectivity index (χ4v) is 2.89. The first kappa shape index (κ1) is 20.5. The number of hydrogen-bond acceptors (Lipinski definition) is 4. The van der Waals surface area contributed by atoms with Crippen molar-refractivity contribution < 1.29 is 19.4 Å². The molecule has 0 aliphatic rings. The van der Waals surface area contributed by atoms with Gasteiger partial charge in [0.1, 0.15) is 11.3 Å². The molecule has 0 saturated carbocycles. The van der Waals surface area contributed by atoms with Crippen molar-refractivity contribution in [2.45, 2.75) is 46.5 Å². The van der Waals surface area contributed by atoms with Crippen LogP contribution in [0.2, 0.25) is 0 Å². The Bertz CT molecular complexity index is 814. The van der Waals surface area contributed by atoms with E-state index in [2.05, 4.69) is 33.0 Å². The highest BCUT2D eigenvalue weighted by Gasteiger charge is 2.18. The lowest BCUT2D eigenvalue weighted by molar-refractivity contribution is -0.119. The highest BCUT2D eigenvalue weighted by molar-refractivity contribution is 5.97. The van der Waals surface area contributed by atoms with Gasteiger partial charge in [0.15, 0.2) is 6.61 Å². The van der Waals surface area contributed by atoms with E-state index >= 15 is 0 Å². The number of carbonyl (C=O) groups is 2. The third-order valence-electron chi connectivity index (χ3n) is 4.34. The van der Waals surface area contributed by atoms with Gasteiger partial charge in [-0.1, -0.05) is 52.0 Å². The summed E-state index contributed by atoms with van der Waals surface area (Å²) in [6, 6.07) is 10.6. The van der Waals surface area contributed by atoms with Crippen LogP contribution in [-0.2, 0) is 9.53 Å². The van der Waals surface area contributed by atoms with E-state index in [1.807, 2.05) is 18.2 Å². The predicted molar refractivity (Wildman–Crippen MR) is 106 cm³/mol. The van der Waals surface area contributed by atoms with Crippen LogP contribution in [0.3, 0.4) is 0 Å². The molecule has 0 radical (unpaired) electrons. The molecule has 0 atom stereocenters. The summed E-state index contributed by atoms with van der Waals surface area (Å²) in [4.78, 5) is 24.5. The predicted octanol–water partition coefficient (Wildman–Crippen LogP) is 4.74. The van der Waals surface area contributed by atoms with Gasteiger partial charge < -0.3 is 15.2 Å². The highest BCUT2D eigenvalue weighted by atomic mass is 16.5. The van der Waals surface area contributed by atoms with E-state index in [-0.39, 0.29) is 23.1 Å². The molecule has 2 rings (SSSR count). The fraction of sp³-hybridized carbons (Fsp3) is 0.364. The van der Waals surface area contributed by atoms with Crippen molar-refractivity contribution in [3.05, 3.63) is 58.7 Å². The topological polar surface area (TPSA) is 75.6 Å². The Balaban J connectivity index is 2.11. The molecule has 0 aliphatic carbocycles. The molecule has 2 N–H and O–H groups in total. The Kier molecular flexibility index (Phi) is 6.61. The number of carbonyl (C=O) groups excluding carboxylic acids is 2. The van der Waals surface area contributed by atoms with Gasteiger partial charge in [-0.05, 0) is 47.6 Å². The van der Waals surface area contributed by atoms with Gasteiger partial charge in [0.25, 0.3) is 5.91 Å². The fourth-order valence-electron chi connectivity index (χ4n) is 2.89. The second-order valence-corrected chi connectivity index (χ2v) is 7.27. The molecule has 0 spiro atoms. The Labute approximate surface area is 160 Å². The molecule has 0 unspecified atom stereocenters. The van der Waals surface area contributed by atoms with E-state index in [4.69, 9.17) is 4.74 Å². The zero-order valence-electron chi connectivity index (χ0n) is 16.5. The number of para-hydroxylation sites is 1. The van der Waals surface area contributed by atoms with E-state index in [9.17, 15) is 14.7 Å². The number of phenols is 1. The van der Waals surface area contributed by atoms with Crippen molar-refractivity contribution in [2.24, 2.45) is 0 Å². The zero-order chi connectivity index (χ0) is 20.1. The van der Waals surface area contributed by atoms with Crippen LogP contribution in [0.1, 0.15) is 66.6 Å². The number of esters is 1. The van der Waals surface area contributed by atoms with Gasteiger partial charge in [-0.25, -0.2) is 4.79 Å². The Morgan fingerprint density at radius 2 is 1.63 bits per heavy atom. The number of aromatic hydroxyl groups is 1. The zero-order valence-corrected chi connectivity index (χ0v) is 16.5. The summed E-state index contributed by atoms with van der Waals surface area (Å²) in [7, 11) is 0. The van der Waals surface area contributed by atoms with E-state index in [1.165, 1.54) is 12.1 Å². The molecule has 0 aromatic heterocycles. The maximum Gasteiger partial charge on any atom is 0.342 e. The first-order valence-corrected chi connectivity index (χ1v) is 9.10. The number of aryl methyl sites for hydroxylation is 1. The Hall–Kier alpha value is -2.82. The van der Waals surface area contributed by atoms with Crippen molar-refractivity contribution >= 4 is 17.6 Å². The molecular formula is C22H27NO4. The van der Waals surface area contributed by atoms with Crippen molar-refractivity contribution in [1.29, 1.82) is 0 Å². The number of rotatable bonds is 6. The average molecular weight is 369 g/mol. The lowest BCUT2D eigenvalue weighted by atomic mass is 9.92. The summed E-state index contributed by atoms with van der Waals surface area (Å²) in [6.45, 7) is 9.64.